The summed E-state index contributed by atoms with van der Waals surface area (Å²) in [6.45, 7) is 5.14. The maximum Gasteiger partial charge on any atom is 0.163 e. The largest absolute Gasteiger partial charge is 0.314 e. The van der Waals surface area contributed by atoms with E-state index in [0.29, 0.717) is 0 Å². The third kappa shape index (κ3) is 2.67. The third-order valence-corrected chi connectivity index (χ3v) is 3.57. The SMILES string of the molecule is Cn1c(CN2CCNCC2)nnc1-c1ccccc1. The van der Waals surface area contributed by atoms with Crippen LogP contribution in [-0.2, 0) is 13.6 Å². The van der Waals surface area contributed by atoms with Gasteiger partial charge in [-0.3, -0.25) is 4.90 Å². The van der Waals surface area contributed by atoms with Crippen LogP contribution in [0.2, 0.25) is 0 Å². The van der Waals surface area contributed by atoms with Crippen LogP contribution < -0.4 is 5.32 Å². The van der Waals surface area contributed by atoms with Crippen molar-refractivity contribution in [3.63, 3.8) is 0 Å². The fourth-order valence-corrected chi connectivity index (χ4v) is 2.41. The molecule has 0 bridgehead atoms. The van der Waals surface area contributed by atoms with E-state index in [1.807, 2.05) is 25.2 Å². The average Bonchev–Trinajstić information content (AvgIpc) is 2.82. The lowest BCUT2D eigenvalue weighted by Crippen LogP contribution is -2.43. The Kier molecular flexibility index (Phi) is 3.57. The van der Waals surface area contributed by atoms with Crippen molar-refractivity contribution < 1.29 is 0 Å². The molecule has 3 rings (SSSR count). The van der Waals surface area contributed by atoms with Crippen LogP contribution in [0.4, 0.5) is 0 Å². The molecule has 19 heavy (non-hydrogen) atoms. The van der Waals surface area contributed by atoms with Crippen LogP contribution in [0.3, 0.4) is 0 Å². The first kappa shape index (κ1) is 12.3. The van der Waals surface area contributed by atoms with Crippen molar-refractivity contribution in [3.05, 3.63) is 36.2 Å². The Morgan fingerprint density at radius 2 is 1.84 bits per heavy atom. The molecule has 0 atom stereocenters. The Bertz CT molecular complexity index is 528. The third-order valence-electron chi connectivity index (χ3n) is 3.57. The summed E-state index contributed by atoms with van der Waals surface area (Å²) >= 11 is 0. The van der Waals surface area contributed by atoms with Gasteiger partial charge >= 0.3 is 0 Å². The fourth-order valence-electron chi connectivity index (χ4n) is 2.41. The van der Waals surface area contributed by atoms with Gasteiger partial charge in [0.25, 0.3) is 0 Å². The van der Waals surface area contributed by atoms with Gasteiger partial charge < -0.3 is 9.88 Å². The Balaban J connectivity index is 1.79. The van der Waals surface area contributed by atoms with Gasteiger partial charge in [-0.1, -0.05) is 30.3 Å². The summed E-state index contributed by atoms with van der Waals surface area (Å²) in [5.74, 6) is 1.96. The van der Waals surface area contributed by atoms with Crippen molar-refractivity contribution in [3.8, 4) is 11.4 Å². The maximum absolute atomic E-state index is 4.34. The predicted molar refractivity (Wildman–Crippen MR) is 74.6 cm³/mol. The molecular formula is C14H19N5. The molecule has 0 amide bonds. The van der Waals surface area contributed by atoms with Crippen LogP contribution in [0.5, 0.6) is 0 Å². The van der Waals surface area contributed by atoms with Crippen LogP contribution in [0.15, 0.2) is 30.3 Å². The molecule has 5 nitrogen and oxygen atoms in total. The van der Waals surface area contributed by atoms with Crippen molar-refractivity contribution in [2.45, 2.75) is 6.54 Å². The van der Waals surface area contributed by atoms with Crippen LogP contribution in [0.1, 0.15) is 5.82 Å². The van der Waals surface area contributed by atoms with Crippen molar-refractivity contribution in [1.82, 2.24) is 25.0 Å². The molecule has 1 aliphatic heterocycles. The highest BCUT2D eigenvalue weighted by molar-refractivity contribution is 5.54. The molecule has 2 aromatic rings. The maximum atomic E-state index is 4.34. The van der Waals surface area contributed by atoms with Crippen LogP contribution in [0.25, 0.3) is 11.4 Å². The van der Waals surface area contributed by atoms with E-state index in [1.54, 1.807) is 0 Å². The molecule has 5 heteroatoms. The summed E-state index contributed by atoms with van der Waals surface area (Å²) in [5.41, 5.74) is 1.11. The van der Waals surface area contributed by atoms with E-state index in [2.05, 4.69) is 37.1 Å². The molecule has 1 aromatic carbocycles. The number of hydrogen-bond donors (Lipinski definition) is 1. The highest BCUT2D eigenvalue weighted by Gasteiger charge is 2.15. The highest BCUT2D eigenvalue weighted by atomic mass is 15.3. The van der Waals surface area contributed by atoms with Crippen LogP contribution >= 0.6 is 0 Å². The summed E-state index contributed by atoms with van der Waals surface area (Å²) in [6.07, 6.45) is 0. The van der Waals surface area contributed by atoms with Gasteiger partial charge in [-0.05, 0) is 0 Å². The average molecular weight is 257 g/mol. The quantitative estimate of drug-likeness (QED) is 0.887. The summed E-state index contributed by atoms with van der Waals surface area (Å²) in [6, 6.07) is 10.2. The van der Waals surface area contributed by atoms with E-state index in [0.717, 1.165) is 49.9 Å². The van der Waals surface area contributed by atoms with Gasteiger partial charge in [0.05, 0.1) is 6.54 Å². The molecule has 0 aliphatic carbocycles. The summed E-state index contributed by atoms with van der Waals surface area (Å²) in [4.78, 5) is 2.41. The second-order valence-electron chi connectivity index (χ2n) is 4.89. The predicted octanol–water partition coefficient (Wildman–Crippen LogP) is 0.887. The molecule has 100 valence electrons. The molecule has 0 radical (unpaired) electrons. The van der Waals surface area contributed by atoms with E-state index in [9.17, 15) is 0 Å². The zero-order chi connectivity index (χ0) is 13.1. The minimum absolute atomic E-state index is 0.873. The van der Waals surface area contributed by atoms with Gasteiger partial charge in [0.2, 0.25) is 0 Å². The smallest absolute Gasteiger partial charge is 0.163 e. The fraction of sp³-hybridized carbons (Fsp3) is 0.429. The number of nitrogens with one attached hydrogen (secondary N) is 1. The highest BCUT2D eigenvalue weighted by Crippen LogP contribution is 2.17. The van der Waals surface area contributed by atoms with E-state index >= 15 is 0 Å². The van der Waals surface area contributed by atoms with Crippen molar-refractivity contribution in [1.29, 1.82) is 0 Å². The van der Waals surface area contributed by atoms with Crippen molar-refractivity contribution in [2.24, 2.45) is 7.05 Å². The van der Waals surface area contributed by atoms with Crippen molar-refractivity contribution >= 4 is 0 Å². The molecule has 1 fully saturated rings. The number of rotatable bonds is 3. The number of hydrogen-bond acceptors (Lipinski definition) is 4. The van der Waals surface area contributed by atoms with E-state index in [-0.39, 0.29) is 0 Å². The first-order valence-electron chi connectivity index (χ1n) is 6.71. The zero-order valence-corrected chi connectivity index (χ0v) is 11.2. The van der Waals surface area contributed by atoms with Gasteiger partial charge in [0.15, 0.2) is 5.82 Å². The van der Waals surface area contributed by atoms with Gasteiger partial charge in [0.1, 0.15) is 5.82 Å². The summed E-state index contributed by atoms with van der Waals surface area (Å²) in [5, 5.41) is 12.0. The van der Waals surface area contributed by atoms with Crippen LogP contribution in [-0.4, -0.2) is 45.8 Å². The van der Waals surface area contributed by atoms with E-state index in [4.69, 9.17) is 0 Å². The number of nitrogens with zero attached hydrogens (tertiary/aromatic N) is 4. The minimum atomic E-state index is 0.873. The molecule has 0 saturated carbocycles. The number of piperazine rings is 1. The Hall–Kier alpha value is -1.72. The Labute approximate surface area is 113 Å². The zero-order valence-electron chi connectivity index (χ0n) is 11.2. The normalized spacial score (nSPS) is 16.7. The summed E-state index contributed by atoms with van der Waals surface area (Å²) in [7, 11) is 2.04. The molecule has 0 unspecified atom stereocenters. The molecule has 1 aliphatic rings. The Morgan fingerprint density at radius 3 is 2.58 bits per heavy atom. The summed E-state index contributed by atoms with van der Waals surface area (Å²) < 4.78 is 2.09. The topological polar surface area (TPSA) is 46.0 Å². The molecular weight excluding hydrogens is 238 g/mol. The number of benzene rings is 1. The molecule has 1 aromatic heterocycles. The lowest BCUT2D eigenvalue weighted by atomic mass is 10.2. The minimum Gasteiger partial charge on any atom is -0.314 e. The number of aromatic nitrogens is 3. The van der Waals surface area contributed by atoms with Gasteiger partial charge in [-0.2, -0.15) is 0 Å². The lowest BCUT2D eigenvalue weighted by molar-refractivity contribution is 0.226. The monoisotopic (exact) mass is 257 g/mol. The van der Waals surface area contributed by atoms with Gasteiger partial charge in [-0.15, -0.1) is 10.2 Å². The molecule has 1 N–H and O–H groups in total. The van der Waals surface area contributed by atoms with Crippen molar-refractivity contribution in [2.75, 3.05) is 26.2 Å². The first-order chi connectivity index (χ1) is 9.34. The molecule has 2 heterocycles. The second-order valence-corrected chi connectivity index (χ2v) is 4.89. The van der Waals surface area contributed by atoms with Gasteiger partial charge in [0, 0.05) is 38.8 Å². The van der Waals surface area contributed by atoms with Gasteiger partial charge in [-0.25, -0.2) is 0 Å². The molecule has 0 spiro atoms. The molecule has 1 saturated heterocycles. The first-order valence-corrected chi connectivity index (χ1v) is 6.71. The lowest BCUT2D eigenvalue weighted by Gasteiger charge is -2.26. The standard InChI is InChI=1S/C14H19N5/c1-18-13(11-19-9-7-15-8-10-19)16-17-14(18)12-5-3-2-4-6-12/h2-6,15H,7-11H2,1H3. The van der Waals surface area contributed by atoms with E-state index < -0.39 is 0 Å². The van der Waals surface area contributed by atoms with Crippen LogP contribution in [0, 0.1) is 0 Å². The Morgan fingerprint density at radius 1 is 1.11 bits per heavy atom. The van der Waals surface area contributed by atoms with E-state index in [1.165, 1.54) is 0 Å². The second kappa shape index (κ2) is 5.50.